The van der Waals surface area contributed by atoms with Crippen molar-refractivity contribution < 1.29 is 23.0 Å². The Balaban J connectivity index is 2.75. The molecule has 0 aromatic heterocycles. The summed E-state index contributed by atoms with van der Waals surface area (Å²) in [6, 6.07) is 3.80. The number of ether oxygens (including phenoxy) is 2. The summed E-state index contributed by atoms with van der Waals surface area (Å²) in [6.07, 6.45) is 0. The predicted octanol–water partition coefficient (Wildman–Crippen LogP) is 1.05. The zero-order chi connectivity index (χ0) is 13.3. The molecule has 2 N–H and O–H groups in total. The van der Waals surface area contributed by atoms with Gasteiger partial charge in [0.05, 0.1) is 5.56 Å². The molecule has 0 saturated carbocycles. The third kappa shape index (κ3) is 1.73. The summed E-state index contributed by atoms with van der Waals surface area (Å²) in [7, 11) is 0. The number of rotatable bonds is 1. The quantitative estimate of drug-likeness (QED) is 0.598. The van der Waals surface area contributed by atoms with Crippen molar-refractivity contribution in [3.05, 3.63) is 34.9 Å². The zero-order valence-electron chi connectivity index (χ0n) is 8.87. The van der Waals surface area contributed by atoms with E-state index >= 15 is 0 Å². The van der Waals surface area contributed by atoms with Crippen molar-refractivity contribution in [2.75, 3.05) is 6.79 Å². The van der Waals surface area contributed by atoms with Crippen molar-refractivity contribution in [1.82, 2.24) is 0 Å². The standard InChI is InChI=1S/C11H6F2N2O3/c12-8-5-1-2-7(9(8)13)17-4-18-10(5)6(3-14)11(15)16/h1-2H,4H2,(H2,15,16). The lowest BCUT2D eigenvalue weighted by molar-refractivity contribution is -0.114. The maximum absolute atomic E-state index is 13.7. The SMILES string of the molecule is N#CC(C(N)=O)=C1OCOc2ccc1c(F)c2F. The van der Waals surface area contributed by atoms with Crippen LogP contribution in [0.25, 0.3) is 5.76 Å². The van der Waals surface area contributed by atoms with Crippen LogP contribution in [0.1, 0.15) is 5.56 Å². The lowest BCUT2D eigenvalue weighted by atomic mass is 10.1. The molecule has 5 nitrogen and oxygen atoms in total. The molecule has 1 aromatic carbocycles. The van der Waals surface area contributed by atoms with Gasteiger partial charge >= 0.3 is 0 Å². The average Bonchev–Trinajstić information content (AvgIpc) is 2.29. The molecule has 0 radical (unpaired) electrons. The maximum Gasteiger partial charge on any atom is 0.263 e. The molecule has 0 spiro atoms. The molecule has 0 saturated heterocycles. The van der Waals surface area contributed by atoms with Gasteiger partial charge in [0.25, 0.3) is 5.91 Å². The minimum Gasteiger partial charge on any atom is -0.455 e. The van der Waals surface area contributed by atoms with Crippen LogP contribution in [0, 0.1) is 23.0 Å². The van der Waals surface area contributed by atoms with Crippen molar-refractivity contribution in [1.29, 1.82) is 5.26 Å². The van der Waals surface area contributed by atoms with Gasteiger partial charge in [0.15, 0.2) is 22.9 Å². The summed E-state index contributed by atoms with van der Waals surface area (Å²) in [5, 5.41) is 8.78. The fourth-order valence-electron chi connectivity index (χ4n) is 1.47. The minimum atomic E-state index is -1.27. The molecule has 7 heteroatoms. The van der Waals surface area contributed by atoms with Gasteiger partial charge < -0.3 is 15.2 Å². The molecule has 2 bridgehead atoms. The van der Waals surface area contributed by atoms with Gasteiger partial charge in [-0.3, -0.25) is 4.79 Å². The molecule has 92 valence electrons. The van der Waals surface area contributed by atoms with E-state index in [2.05, 4.69) is 0 Å². The van der Waals surface area contributed by atoms with Crippen LogP contribution in [0.3, 0.4) is 0 Å². The fourth-order valence-corrected chi connectivity index (χ4v) is 1.47. The molecule has 0 atom stereocenters. The van der Waals surface area contributed by atoms with Crippen LogP contribution in [-0.2, 0) is 9.53 Å². The third-order valence-corrected chi connectivity index (χ3v) is 2.29. The van der Waals surface area contributed by atoms with Crippen molar-refractivity contribution in [3.63, 3.8) is 0 Å². The molecule has 18 heavy (non-hydrogen) atoms. The zero-order valence-corrected chi connectivity index (χ0v) is 8.87. The Bertz CT molecular complexity index is 605. The van der Waals surface area contributed by atoms with Gasteiger partial charge in [0, 0.05) is 0 Å². The number of amides is 1. The molecular weight excluding hydrogens is 246 g/mol. The number of hydrogen-bond donors (Lipinski definition) is 1. The Labute approximate surface area is 100 Å². The topological polar surface area (TPSA) is 85.3 Å². The minimum absolute atomic E-state index is 0.312. The lowest BCUT2D eigenvalue weighted by Gasteiger charge is -2.18. The smallest absolute Gasteiger partial charge is 0.263 e. The van der Waals surface area contributed by atoms with E-state index in [0.29, 0.717) is 0 Å². The van der Waals surface area contributed by atoms with Gasteiger partial charge in [-0.15, -0.1) is 0 Å². The number of primary amides is 1. The number of fused-ring (bicyclic) bond motifs is 5. The largest absolute Gasteiger partial charge is 0.455 e. The summed E-state index contributed by atoms with van der Waals surface area (Å²) < 4.78 is 36.8. The van der Waals surface area contributed by atoms with Gasteiger partial charge in [0.2, 0.25) is 12.6 Å². The number of nitrogens with two attached hydrogens (primary N) is 1. The van der Waals surface area contributed by atoms with E-state index in [0.717, 1.165) is 6.07 Å². The van der Waals surface area contributed by atoms with Gasteiger partial charge in [-0.2, -0.15) is 9.65 Å². The van der Waals surface area contributed by atoms with E-state index in [1.54, 1.807) is 0 Å². The number of carbonyl (C=O) groups excluding carboxylic acids is 1. The van der Waals surface area contributed by atoms with E-state index in [1.807, 2.05) is 0 Å². The second-order valence-electron chi connectivity index (χ2n) is 3.33. The molecule has 2 heterocycles. The molecule has 2 aliphatic rings. The lowest BCUT2D eigenvalue weighted by Crippen LogP contribution is -2.18. The first-order chi connectivity index (χ1) is 8.56. The number of hydrogen-bond acceptors (Lipinski definition) is 4. The average molecular weight is 252 g/mol. The number of nitrogens with zero attached hydrogens (tertiary/aromatic N) is 1. The van der Waals surface area contributed by atoms with E-state index in [1.165, 1.54) is 12.1 Å². The number of nitriles is 1. The van der Waals surface area contributed by atoms with Crippen LogP contribution in [0.15, 0.2) is 17.7 Å². The van der Waals surface area contributed by atoms with E-state index in [9.17, 15) is 13.6 Å². The summed E-state index contributed by atoms with van der Waals surface area (Å²) in [5.41, 5.74) is 4.01. The van der Waals surface area contributed by atoms with E-state index < -0.39 is 35.7 Å². The predicted molar refractivity (Wildman–Crippen MR) is 54.7 cm³/mol. The Morgan fingerprint density at radius 3 is 2.67 bits per heavy atom. The van der Waals surface area contributed by atoms with Gasteiger partial charge in [-0.25, -0.2) is 4.39 Å². The molecule has 1 amide bonds. The Kier molecular flexibility index (Phi) is 2.85. The molecule has 2 aliphatic heterocycles. The summed E-state index contributed by atoms with van der Waals surface area (Å²) >= 11 is 0. The highest BCUT2D eigenvalue weighted by Gasteiger charge is 2.25. The number of carbonyl (C=O) groups is 1. The Hall–Kier alpha value is -2.62. The highest BCUT2D eigenvalue weighted by molar-refractivity contribution is 6.02. The third-order valence-electron chi connectivity index (χ3n) is 2.29. The molecule has 0 unspecified atom stereocenters. The van der Waals surface area contributed by atoms with Gasteiger partial charge in [-0.1, -0.05) is 0 Å². The molecule has 1 aromatic rings. The van der Waals surface area contributed by atoms with Crippen LogP contribution in [0.5, 0.6) is 5.75 Å². The maximum atomic E-state index is 13.7. The van der Waals surface area contributed by atoms with Crippen molar-refractivity contribution in [3.8, 4) is 11.8 Å². The first-order valence-electron chi connectivity index (χ1n) is 4.74. The molecular formula is C11H6F2N2O3. The summed E-state index contributed by atoms with van der Waals surface area (Å²) in [4.78, 5) is 11.0. The van der Waals surface area contributed by atoms with Crippen LogP contribution < -0.4 is 10.5 Å². The Morgan fingerprint density at radius 2 is 2.06 bits per heavy atom. The first kappa shape index (κ1) is 11.9. The summed E-state index contributed by atoms with van der Waals surface area (Å²) in [6.45, 7) is -0.461. The summed E-state index contributed by atoms with van der Waals surface area (Å²) in [5.74, 6) is -4.33. The first-order valence-corrected chi connectivity index (χ1v) is 4.74. The van der Waals surface area contributed by atoms with E-state index in [4.69, 9.17) is 20.5 Å². The molecule has 0 fully saturated rings. The highest BCUT2D eigenvalue weighted by atomic mass is 19.2. The van der Waals surface area contributed by atoms with Crippen molar-refractivity contribution in [2.24, 2.45) is 5.73 Å². The van der Waals surface area contributed by atoms with Crippen LogP contribution in [0.2, 0.25) is 0 Å². The van der Waals surface area contributed by atoms with Crippen LogP contribution in [0.4, 0.5) is 8.78 Å². The van der Waals surface area contributed by atoms with Crippen LogP contribution in [-0.4, -0.2) is 12.7 Å². The van der Waals surface area contributed by atoms with Crippen LogP contribution >= 0.6 is 0 Å². The van der Waals surface area contributed by atoms with Crippen molar-refractivity contribution in [2.45, 2.75) is 0 Å². The second kappa shape index (κ2) is 4.33. The number of halogens is 2. The molecule has 3 rings (SSSR count). The van der Waals surface area contributed by atoms with Gasteiger partial charge in [0.1, 0.15) is 6.07 Å². The Morgan fingerprint density at radius 1 is 1.33 bits per heavy atom. The fraction of sp³-hybridized carbons (Fsp3) is 0.0909. The highest BCUT2D eigenvalue weighted by Crippen LogP contribution is 2.31. The monoisotopic (exact) mass is 252 g/mol. The number of benzene rings is 1. The van der Waals surface area contributed by atoms with Crippen molar-refractivity contribution >= 4 is 11.7 Å². The second-order valence-corrected chi connectivity index (χ2v) is 3.33. The van der Waals surface area contributed by atoms with E-state index in [-0.39, 0.29) is 11.3 Å². The van der Waals surface area contributed by atoms with Gasteiger partial charge in [-0.05, 0) is 12.1 Å². The normalized spacial score (nSPS) is 15.8. The molecule has 0 aliphatic carbocycles.